The third-order valence-electron chi connectivity index (χ3n) is 4.83. The van der Waals surface area contributed by atoms with Crippen molar-refractivity contribution >= 4 is 23.7 Å². The molecule has 1 N–H and O–H groups in total. The standard InChI is InChI=1S/C19H26FN3O2S/c1-18(2,3)21-17(25)22-10-8-19(9-11-22)23(12-13-26-19)16(24)14-4-6-15(20)7-5-14/h4-7H,8-13H2,1-3H3,(H,21,25). The fraction of sp³-hybridized carbons (Fsp3) is 0.579. The Labute approximate surface area is 158 Å². The summed E-state index contributed by atoms with van der Waals surface area (Å²) in [7, 11) is 0. The highest BCUT2D eigenvalue weighted by atomic mass is 32.2. The lowest BCUT2D eigenvalue weighted by molar-refractivity contribution is 0.0579. The van der Waals surface area contributed by atoms with E-state index < -0.39 is 0 Å². The highest BCUT2D eigenvalue weighted by Crippen LogP contribution is 2.44. The van der Waals surface area contributed by atoms with Crippen molar-refractivity contribution in [2.24, 2.45) is 0 Å². The Kier molecular flexibility index (Phi) is 5.19. The first-order chi connectivity index (χ1) is 12.2. The third kappa shape index (κ3) is 3.98. The largest absolute Gasteiger partial charge is 0.333 e. The maximum absolute atomic E-state index is 13.1. The molecule has 1 spiro atoms. The molecular formula is C19H26FN3O2S. The summed E-state index contributed by atoms with van der Waals surface area (Å²) in [6, 6.07) is 5.68. The van der Waals surface area contributed by atoms with Gasteiger partial charge in [0.05, 0.1) is 4.87 Å². The molecule has 2 fully saturated rings. The second-order valence-electron chi connectivity index (χ2n) is 7.93. The van der Waals surface area contributed by atoms with Gasteiger partial charge in [0.2, 0.25) is 0 Å². The van der Waals surface area contributed by atoms with E-state index in [9.17, 15) is 14.0 Å². The van der Waals surface area contributed by atoms with E-state index in [0.29, 0.717) is 25.2 Å². The number of urea groups is 1. The van der Waals surface area contributed by atoms with Gasteiger partial charge in [0, 0.05) is 36.5 Å². The first-order valence-electron chi connectivity index (χ1n) is 8.99. The van der Waals surface area contributed by atoms with Gasteiger partial charge in [-0.3, -0.25) is 4.79 Å². The average Bonchev–Trinajstić information content (AvgIpc) is 2.97. The number of carbonyl (C=O) groups excluding carboxylic acids is 2. The highest BCUT2D eigenvalue weighted by molar-refractivity contribution is 8.00. The Hall–Kier alpha value is -1.76. The quantitative estimate of drug-likeness (QED) is 0.814. The molecule has 1 aromatic rings. The van der Waals surface area contributed by atoms with E-state index in [1.165, 1.54) is 12.1 Å². The average molecular weight is 380 g/mol. The van der Waals surface area contributed by atoms with Crippen LogP contribution in [0.5, 0.6) is 0 Å². The second kappa shape index (κ2) is 7.10. The number of nitrogens with zero attached hydrogens (tertiary/aromatic N) is 2. The van der Waals surface area contributed by atoms with Gasteiger partial charge in [-0.15, -0.1) is 11.8 Å². The summed E-state index contributed by atoms with van der Waals surface area (Å²) in [5.41, 5.74) is 0.250. The Balaban J connectivity index is 1.68. The molecule has 0 saturated carbocycles. The smallest absolute Gasteiger partial charge is 0.317 e. The van der Waals surface area contributed by atoms with Crippen LogP contribution in [0.15, 0.2) is 24.3 Å². The first-order valence-corrected chi connectivity index (χ1v) is 9.97. The minimum absolute atomic E-state index is 0.0493. The van der Waals surface area contributed by atoms with Crippen molar-refractivity contribution in [2.45, 2.75) is 44.0 Å². The lowest BCUT2D eigenvalue weighted by Crippen LogP contribution is -2.56. The molecule has 0 aliphatic carbocycles. The summed E-state index contributed by atoms with van der Waals surface area (Å²) in [5, 5.41) is 3.00. The van der Waals surface area contributed by atoms with Gasteiger partial charge in [0.1, 0.15) is 5.82 Å². The fourth-order valence-corrected chi connectivity index (χ4v) is 4.97. The minimum atomic E-state index is -0.342. The number of thioether (sulfide) groups is 1. The Morgan fingerprint density at radius 2 is 1.73 bits per heavy atom. The molecule has 0 atom stereocenters. The Bertz CT molecular complexity index is 679. The Morgan fingerprint density at radius 3 is 2.31 bits per heavy atom. The number of piperidine rings is 1. The molecule has 0 aromatic heterocycles. The van der Waals surface area contributed by atoms with Crippen molar-refractivity contribution in [2.75, 3.05) is 25.4 Å². The molecule has 0 radical (unpaired) electrons. The number of benzene rings is 1. The predicted octanol–water partition coefficient (Wildman–Crippen LogP) is 3.31. The molecule has 2 heterocycles. The number of amides is 3. The van der Waals surface area contributed by atoms with E-state index >= 15 is 0 Å². The second-order valence-corrected chi connectivity index (χ2v) is 9.38. The molecule has 0 bridgehead atoms. The van der Waals surface area contributed by atoms with E-state index in [-0.39, 0.29) is 28.2 Å². The fourth-order valence-electron chi connectivity index (χ4n) is 3.52. The highest BCUT2D eigenvalue weighted by Gasteiger charge is 2.47. The van der Waals surface area contributed by atoms with Gasteiger partial charge in [0.15, 0.2) is 0 Å². The summed E-state index contributed by atoms with van der Waals surface area (Å²) in [4.78, 5) is 28.8. The number of rotatable bonds is 1. The summed E-state index contributed by atoms with van der Waals surface area (Å²) >= 11 is 1.80. The van der Waals surface area contributed by atoms with Crippen LogP contribution < -0.4 is 5.32 Å². The predicted molar refractivity (Wildman–Crippen MR) is 102 cm³/mol. The molecule has 142 valence electrons. The van der Waals surface area contributed by atoms with Crippen molar-refractivity contribution in [1.82, 2.24) is 15.1 Å². The summed E-state index contributed by atoms with van der Waals surface area (Å²) in [6.45, 7) is 7.84. The minimum Gasteiger partial charge on any atom is -0.333 e. The van der Waals surface area contributed by atoms with Crippen molar-refractivity contribution in [3.05, 3.63) is 35.6 Å². The van der Waals surface area contributed by atoms with Crippen LogP contribution in [0.4, 0.5) is 9.18 Å². The van der Waals surface area contributed by atoms with Crippen LogP contribution in [-0.4, -0.2) is 57.5 Å². The van der Waals surface area contributed by atoms with Crippen LogP contribution in [0.25, 0.3) is 0 Å². The van der Waals surface area contributed by atoms with Crippen molar-refractivity contribution in [3.8, 4) is 0 Å². The van der Waals surface area contributed by atoms with Gasteiger partial charge in [-0.25, -0.2) is 9.18 Å². The maximum Gasteiger partial charge on any atom is 0.317 e. The van der Waals surface area contributed by atoms with E-state index in [4.69, 9.17) is 0 Å². The first kappa shape index (κ1) is 19.0. The van der Waals surface area contributed by atoms with Crippen molar-refractivity contribution in [1.29, 1.82) is 0 Å². The summed E-state index contributed by atoms with van der Waals surface area (Å²) < 4.78 is 13.1. The summed E-state index contributed by atoms with van der Waals surface area (Å²) in [5.74, 6) is 0.494. The number of hydrogen-bond donors (Lipinski definition) is 1. The van der Waals surface area contributed by atoms with E-state index in [0.717, 1.165) is 18.6 Å². The molecule has 5 nitrogen and oxygen atoms in total. The van der Waals surface area contributed by atoms with Crippen molar-refractivity contribution < 1.29 is 14.0 Å². The SMILES string of the molecule is CC(C)(C)NC(=O)N1CCC2(CC1)SCCN2C(=O)c1ccc(F)cc1. The number of nitrogens with one attached hydrogen (secondary N) is 1. The van der Waals surface area contributed by atoms with Gasteiger partial charge in [-0.2, -0.15) is 0 Å². The van der Waals surface area contributed by atoms with E-state index in [2.05, 4.69) is 5.32 Å². The van der Waals surface area contributed by atoms with Gasteiger partial charge < -0.3 is 15.1 Å². The summed E-state index contributed by atoms with van der Waals surface area (Å²) in [6.07, 6.45) is 1.50. The number of likely N-dealkylation sites (tertiary alicyclic amines) is 1. The number of hydrogen-bond acceptors (Lipinski definition) is 3. The number of carbonyl (C=O) groups is 2. The molecule has 7 heteroatoms. The van der Waals surface area contributed by atoms with Gasteiger partial charge in [0.25, 0.3) is 5.91 Å². The van der Waals surface area contributed by atoms with Gasteiger partial charge in [-0.1, -0.05) is 0 Å². The normalized spacial score (nSPS) is 19.7. The van der Waals surface area contributed by atoms with Crippen LogP contribution in [0.2, 0.25) is 0 Å². The molecule has 3 rings (SSSR count). The molecule has 3 amide bonds. The van der Waals surface area contributed by atoms with Crippen LogP contribution in [0.1, 0.15) is 44.0 Å². The van der Waals surface area contributed by atoms with E-state index in [1.54, 1.807) is 23.9 Å². The zero-order valence-electron chi connectivity index (χ0n) is 15.5. The van der Waals surface area contributed by atoms with Gasteiger partial charge in [-0.05, 0) is 57.9 Å². The molecule has 1 aromatic carbocycles. The molecule has 2 aliphatic rings. The van der Waals surface area contributed by atoms with Crippen LogP contribution in [-0.2, 0) is 0 Å². The van der Waals surface area contributed by atoms with Crippen molar-refractivity contribution in [3.63, 3.8) is 0 Å². The Morgan fingerprint density at radius 1 is 1.12 bits per heavy atom. The lowest BCUT2D eigenvalue weighted by atomic mass is 10.0. The molecule has 26 heavy (non-hydrogen) atoms. The third-order valence-corrected chi connectivity index (χ3v) is 6.38. The molecule has 2 saturated heterocycles. The van der Waals surface area contributed by atoms with E-state index in [1.807, 2.05) is 30.6 Å². The maximum atomic E-state index is 13.1. The molecular weight excluding hydrogens is 353 g/mol. The van der Waals surface area contributed by atoms with Crippen LogP contribution >= 0.6 is 11.8 Å². The van der Waals surface area contributed by atoms with Crippen LogP contribution in [0, 0.1) is 5.82 Å². The zero-order chi connectivity index (χ0) is 18.9. The van der Waals surface area contributed by atoms with Gasteiger partial charge >= 0.3 is 6.03 Å². The van der Waals surface area contributed by atoms with Crippen LogP contribution in [0.3, 0.4) is 0 Å². The molecule has 2 aliphatic heterocycles. The number of halogens is 1. The topological polar surface area (TPSA) is 52.7 Å². The molecule has 0 unspecified atom stereocenters. The lowest BCUT2D eigenvalue weighted by Gasteiger charge is -2.44. The zero-order valence-corrected chi connectivity index (χ0v) is 16.4. The monoisotopic (exact) mass is 379 g/mol.